The summed E-state index contributed by atoms with van der Waals surface area (Å²) in [5.41, 5.74) is 7.89. The van der Waals surface area contributed by atoms with Crippen LogP contribution in [0, 0.1) is 0 Å². The second kappa shape index (κ2) is 7.94. The fourth-order valence-corrected chi connectivity index (χ4v) is 3.59. The molecule has 0 aliphatic rings. The minimum atomic E-state index is -4.45. The molecule has 0 spiro atoms. The zero-order valence-electron chi connectivity index (χ0n) is 15.9. The predicted molar refractivity (Wildman–Crippen MR) is 105 cm³/mol. The van der Waals surface area contributed by atoms with Crippen LogP contribution in [0.2, 0.25) is 0 Å². The van der Waals surface area contributed by atoms with E-state index in [2.05, 4.69) is 15.2 Å². The molecule has 0 bridgehead atoms. The molecule has 0 aliphatic carbocycles. The number of rotatable bonds is 3. The Morgan fingerprint density at radius 1 is 0.964 bits per heavy atom. The first kappa shape index (κ1) is 20.4. The summed E-state index contributed by atoms with van der Waals surface area (Å²) in [6.45, 7) is 0. The van der Waals surface area contributed by atoms with Crippen molar-refractivity contribution in [3.63, 3.8) is 0 Å². The summed E-state index contributed by atoms with van der Waals surface area (Å²) < 4.78 is 33.1. The molecule has 0 radical (unpaired) electrons. The summed E-state index contributed by atoms with van der Waals surface area (Å²) in [5, 5.41) is 9.91. The molecule has 0 unspecified atom stereocenters. The number of fused-ring (bicyclic) bond motifs is 2. The normalized spacial score (nSPS) is 11.8. The third kappa shape index (κ3) is 3.91. The molecule has 0 saturated carbocycles. The number of hydrogen-bond acceptors (Lipinski definition) is 6. The van der Waals surface area contributed by atoms with Crippen LogP contribution in [0.25, 0.3) is 21.7 Å². The Morgan fingerprint density at radius 2 is 1.64 bits per heavy atom. The van der Waals surface area contributed by atoms with Gasteiger partial charge in [0.1, 0.15) is 16.3 Å². The van der Waals surface area contributed by atoms with Gasteiger partial charge in [-0.3, -0.25) is 9.54 Å². The summed E-state index contributed by atoms with van der Waals surface area (Å²) in [4.78, 5) is 4.04. The van der Waals surface area contributed by atoms with Gasteiger partial charge in [0.2, 0.25) is 0 Å². The second-order valence-corrected chi connectivity index (χ2v) is 7.30. The third-order valence-corrected chi connectivity index (χ3v) is 5.05. The molecule has 136 valence electrons. The second-order valence-electron chi connectivity index (χ2n) is 5.91. The van der Waals surface area contributed by atoms with Crippen LogP contribution < -0.4 is 35.3 Å². The zero-order chi connectivity index (χ0) is 19.0. The van der Waals surface area contributed by atoms with Gasteiger partial charge in [-0.15, -0.1) is 10.2 Å². The number of para-hydroxylation sites is 1. The van der Waals surface area contributed by atoms with Gasteiger partial charge in [0.25, 0.3) is 10.1 Å². The third-order valence-electron chi connectivity index (χ3n) is 4.15. The van der Waals surface area contributed by atoms with Crippen molar-refractivity contribution in [1.82, 2.24) is 4.98 Å². The first-order valence-corrected chi connectivity index (χ1v) is 9.43. The van der Waals surface area contributed by atoms with E-state index in [0.29, 0.717) is 16.5 Å². The van der Waals surface area contributed by atoms with Crippen molar-refractivity contribution in [2.24, 2.45) is 10.2 Å². The molecule has 0 amide bonds. The van der Waals surface area contributed by atoms with Crippen LogP contribution in [-0.2, 0) is 10.1 Å². The van der Waals surface area contributed by atoms with E-state index in [-0.39, 0.29) is 47.3 Å². The molecule has 9 heteroatoms. The van der Waals surface area contributed by atoms with Gasteiger partial charge in [0, 0.05) is 16.2 Å². The first-order valence-electron chi connectivity index (χ1n) is 7.99. The van der Waals surface area contributed by atoms with Gasteiger partial charge in [-0.05, 0) is 18.2 Å². The summed E-state index contributed by atoms with van der Waals surface area (Å²) in [6.07, 6.45) is 1.56. The minimum absolute atomic E-state index is 0. The van der Waals surface area contributed by atoms with Crippen molar-refractivity contribution in [2.45, 2.75) is 4.90 Å². The van der Waals surface area contributed by atoms with Crippen LogP contribution in [0.1, 0.15) is 1.43 Å². The van der Waals surface area contributed by atoms with E-state index in [1.807, 2.05) is 30.3 Å². The molecule has 0 atom stereocenters. The molecular weight excluding hydrogens is 387 g/mol. The standard InChI is InChI=1S/C19H14N4O3S.Na.H/c20-19-15-7-3-2-6-14(15)18(27(24,25)26)10-17(19)23-22-13-9-12-5-1-4-8-16(12)21-11-13;;/h1-11H,20H2,(H,24,25,26);;/q;+1;-1. The molecule has 28 heavy (non-hydrogen) atoms. The number of nitrogen functional groups attached to an aromatic ring is 1. The fraction of sp³-hybridized carbons (Fsp3) is 0. The molecule has 0 aliphatic heterocycles. The maximum Gasteiger partial charge on any atom is 1.00 e. The number of nitrogens with zero attached hydrogens (tertiary/aromatic N) is 3. The molecule has 7 nitrogen and oxygen atoms in total. The Balaban J connectivity index is 0.00000150. The van der Waals surface area contributed by atoms with Crippen LogP contribution in [0.3, 0.4) is 0 Å². The van der Waals surface area contributed by atoms with Crippen molar-refractivity contribution in [1.29, 1.82) is 0 Å². The van der Waals surface area contributed by atoms with E-state index >= 15 is 0 Å². The van der Waals surface area contributed by atoms with Crippen molar-refractivity contribution in [3.8, 4) is 0 Å². The molecule has 4 aromatic rings. The molecule has 3 aromatic carbocycles. The van der Waals surface area contributed by atoms with Gasteiger partial charge in [-0.25, -0.2) is 0 Å². The van der Waals surface area contributed by atoms with Gasteiger partial charge in [0.05, 0.1) is 17.4 Å². The Hall–Kier alpha value is -2.36. The number of benzene rings is 3. The Kier molecular flexibility index (Phi) is 5.78. The molecule has 1 aromatic heterocycles. The quantitative estimate of drug-likeness (QED) is 0.234. The SMILES string of the molecule is Nc1c(N=Nc2cnc3ccccc3c2)cc(S(=O)(=O)O)c2ccccc12.[H-].[Na+]. The molecule has 1 heterocycles. The van der Waals surface area contributed by atoms with Crippen molar-refractivity contribution in [2.75, 3.05) is 5.73 Å². The monoisotopic (exact) mass is 402 g/mol. The molecule has 0 saturated heterocycles. The number of hydrogen-bond donors (Lipinski definition) is 2. The zero-order valence-corrected chi connectivity index (χ0v) is 17.8. The predicted octanol–water partition coefficient (Wildman–Crippen LogP) is 1.75. The van der Waals surface area contributed by atoms with Crippen LogP contribution in [0.5, 0.6) is 0 Å². The number of anilines is 1. The minimum Gasteiger partial charge on any atom is -1.00 e. The van der Waals surface area contributed by atoms with E-state index < -0.39 is 10.1 Å². The summed E-state index contributed by atoms with van der Waals surface area (Å²) in [5.74, 6) is 0. The van der Waals surface area contributed by atoms with E-state index in [1.165, 1.54) is 6.07 Å². The van der Waals surface area contributed by atoms with Crippen molar-refractivity contribution >= 4 is 48.9 Å². The van der Waals surface area contributed by atoms with Crippen molar-refractivity contribution < 1.29 is 44.0 Å². The number of pyridine rings is 1. The average molecular weight is 402 g/mol. The first-order chi connectivity index (χ1) is 12.9. The molecular formula is C19H15N4NaO3S. The Morgan fingerprint density at radius 3 is 2.39 bits per heavy atom. The van der Waals surface area contributed by atoms with Gasteiger partial charge >= 0.3 is 29.6 Å². The summed E-state index contributed by atoms with van der Waals surface area (Å²) in [7, 11) is -4.45. The summed E-state index contributed by atoms with van der Waals surface area (Å²) in [6, 6.07) is 17.2. The van der Waals surface area contributed by atoms with Gasteiger partial charge < -0.3 is 7.16 Å². The van der Waals surface area contributed by atoms with Gasteiger partial charge in [-0.1, -0.05) is 42.5 Å². The summed E-state index contributed by atoms with van der Waals surface area (Å²) >= 11 is 0. The smallest absolute Gasteiger partial charge is 1.00 e. The van der Waals surface area contributed by atoms with Crippen LogP contribution in [0.4, 0.5) is 17.1 Å². The Bertz CT molecular complexity index is 1330. The number of azo groups is 1. The maximum atomic E-state index is 11.8. The molecule has 4 rings (SSSR count). The van der Waals surface area contributed by atoms with Gasteiger partial charge in [0.15, 0.2) is 0 Å². The van der Waals surface area contributed by atoms with Crippen molar-refractivity contribution in [3.05, 3.63) is 66.9 Å². The van der Waals surface area contributed by atoms with E-state index in [9.17, 15) is 13.0 Å². The molecule has 3 N–H and O–H groups in total. The number of nitrogens with two attached hydrogens (primary N) is 1. The fourth-order valence-electron chi connectivity index (χ4n) is 2.87. The molecule has 0 fully saturated rings. The van der Waals surface area contributed by atoms with Crippen LogP contribution >= 0.6 is 0 Å². The average Bonchev–Trinajstić information content (AvgIpc) is 2.66. The maximum absolute atomic E-state index is 11.8. The largest absolute Gasteiger partial charge is 1.00 e. The topological polar surface area (TPSA) is 118 Å². The number of aromatic nitrogens is 1. The van der Waals surface area contributed by atoms with Crippen LogP contribution in [0.15, 0.2) is 82.0 Å². The van der Waals surface area contributed by atoms with Crippen LogP contribution in [-0.4, -0.2) is 18.0 Å². The Labute approximate surface area is 184 Å². The van der Waals surface area contributed by atoms with E-state index in [4.69, 9.17) is 5.73 Å². The van der Waals surface area contributed by atoms with E-state index in [0.717, 1.165) is 10.9 Å². The van der Waals surface area contributed by atoms with Gasteiger partial charge in [-0.2, -0.15) is 8.42 Å². The van der Waals surface area contributed by atoms with E-state index in [1.54, 1.807) is 30.5 Å².